The Balaban J connectivity index is 1.74. The van der Waals surface area contributed by atoms with E-state index in [1.807, 2.05) is 43.3 Å². The SMILES string of the molecule is CCCCOC(=O)N1CCN(C(=O)[C@H](CCC(=O)O)NC(=O)c2cc(NCCOC)cc(-c3ccccc3)n2)CC1. The van der Waals surface area contributed by atoms with Gasteiger partial charge in [0.25, 0.3) is 5.91 Å². The highest BCUT2D eigenvalue weighted by Crippen LogP contribution is 2.22. The monoisotopic (exact) mass is 569 g/mol. The van der Waals surface area contributed by atoms with Gasteiger partial charge < -0.3 is 35.0 Å². The third kappa shape index (κ3) is 9.75. The highest BCUT2D eigenvalue weighted by Gasteiger charge is 2.31. The predicted octanol–water partition coefficient (Wildman–Crippen LogP) is 2.85. The van der Waals surface area contributed by atoms with E-state index in [4.69, 9.17) is 9.47 Å². The molecule has 3 rings (SSSR count). The third-order valence-corrected chi connectivity index (χ3v) is 6.59. The molecule has 1 aromatic heterocycles. The van der Waals surface area contributed by atoms with Crippen molar-refractivity contribution < 1.29 is 33.8 Å². The molecule has 1 aliphatic rings. The topological polar surface area (TPSA) is 150 Å². The van der Waals surface area contributed by atoms with E-state index in [9.17, 15) is 24.3 Å². The Morgan fingerprint density at radius 3 is 2.39 bits per heavy atom. The number of carbonyl (C=O) groups is 4. The number of nitrogens with zero attached hydrogens (tertiary/aromatic N) is 3. The lowest BCUT2D eigenvalue weighted by molar-refractivity contribution is -0.138. The second kappa shape index (κ2) is 16.2. The molecule has 12 heteroatoms. The van der Waals surface area contributed by atoms with Crippen LogP contribution in [-0.4, -0.2) is 103 Å². The van der Waals surface area contributed by atoms with E-state index in [1.165, 1.54) is 4.90 Å². The van der Waals surface area contributed by atoms with Crippen molar-refractivity contribution in [3.8, 4) is 11.3 Å². The fourth-order valence-electron chi connectivity index (χ4n) is 4.29. The molecular weight excluding hydrogens is 530 g/mol. The van der Waals surface area contributed by atoms with Crippen LogP contribution in [0, 0.1) is 0 Å². The van der Waals surface area contributed by atoms with Crippen LogP contribution >= 0.6 is 0 Å². The summed E-state index contributed by atoms with van der Waals surface area (Å²) >= 11 is 0. The summed E-state index contributed by atoms with van der Waals surface area (Å²) in [7, 11) is 1.59. The maximum Gasteiger partial charge on any atom is 0.409 e. The molecule has 1 atom stereocenters. The Hall–Kier alpha value is -4.19. The van der Waals surface area contributed by atoms with Gasteiger partial charge in [0.15, 0.2) is 0 Å². The highest BCUT2D eigenvalue weighted by molar-refractivity contribution is 5.97. The average Bonchev–Trinajstić information content (AvgIpc) is 2.99. The Morgan fingerprint density at radius 2 is 1.73 bits per heavy atom. The van der Waals surface area contributed by atoms with E-state index in [1.54, 1.807) is 18.1 Å². The zero-order chi connectivity index (χ0) is 29.6. The molecule has 2 aromatic rings. The van der Waals surface area contributed by atoms with Gasteiger partial charge >= 0.3 is 12.1 Å². The van der Waals surface area contributed by atoms with Crippen molar-refractivity contribution in [3.05, 3.63) is 48.2 Å². The lowest BCUT2D eigenvalue weighted by Gasteiger charge is -2.36. The summed E-state index contributed by atoms with van der Waals surface area (Å²) in [6.45, 7) is 4.38. The molecule has 0 saturated carbocycles. The standard InChI is InChI=1S/C29H39N5O7/c1-3-4-17-41-29(39)34-15-13-33(14-16-34)28(38)23(10-11-26(35)36)32-27(37)25-20-22(30-12-18-40-2)19-24(31-25)21-8-6-5-7-9-21/h5-9,19-20,23H,3-4,10-18H2,1-2H3,(H,30,31)(H,32,37)(H,35,36)/t23-/m0/s1. The number of amides is 3. The van der Waals surface area contributed by atoms with Crippen LogP contribution in [-0.2, 0) is 19.1 Å². The van der Waals surface area contributed by atoms with E-state index in [0.29, 0.717) is 31.1 Å². The Bertz CT molecular complexity index is 1170. The number of aliphatic carboxylic acids is 1. The third-order valence-electron chi connectivity index (χ3n) is 6.59. The van der Waals surface area contributed by atoms with Crippen LogP contribution in [0.15, 0.2) is 42.5 Å². The number of carbonyl (C=O) groups excluding carboxylic acids is 3. The van der Waals surface area contributed by atoms with Crippen LogP contribution in [0.1, 0.15) is 43.1 Å². The van der Waals surface area contributed by atoms with Gasteiger partial charge in [0.1, 0.15) is 11.7 Å². The lowest BCUT2D eigenvalue weighted by atomic mass is 10.1. The minimum Gasteiger partial charge on any atom is -0.481 e. The Labute approximate surface area is 240 Å². The van der Waals surface area contributed by atoms with Gasteiger partial charge in [0.05, 0.1) is 18.9 Å². The van der Waals surface area contributed by atoms with Gasteiger partial charge in [-0.1, -0.05) is 43.7 Å². The first-order valence-electron chi connectivity index (χ1n) is 13.9. The fourth-order valence-corrected chi connectivity index (χ4v) is 4.29. The number of pyridine rings is 1. The molecule has 0 bridgehead atoms. The van der Waals surface area contributed by atoms with E-state index in [0.717, 1.165) is 18.4 Å². The van der Waals surface area contributed by atoms with Crippen molar-refractivity contribution in [2.24, 2.45) is 0 Å². The first kappa shape index (κ1) is 31.3. The maximum absolute atomic E-state index is 13.4. The molecule has 3 N–H and O–H groups in total. The Morgan fingerprint density at radius 1 is 1.02 bits per heavy atom. The molecule has 3 amide bonds. The number of carboxylic acid groups (broad SMARTS) is 1. The molecule has 1 aliphatic heterocycles. The van der Waals surface area contributed by atoms with Gasteiger partial charge in [-0.15, -0.1) is 0 Å². The molecule has 0 radical (unpaired) electrons. The molecule has 12 nitrogen and oxygen atoms in total. The van der Waals surface area contributed by atoms with Gasteiger partial charge in [-0.25, -0.2) is 9.78 Å². The summed E-state index contributed by atoms with van der Waals surface area (Å²) in [6.07, 6.45) is 0.887. The maximum atomic E-state index is 13.4. The number of benzene rings is 1. The normalized spacial score (nSPS) is 13.8. The van der Waals surface area contributed by atoms with Crippen molar-refractivity contribution in [3.63, 3.8) is 0 Å². The number of aromatic nitrogens is 1. The number of methoxy groups -OCH3 is 1. The first-order chi connectivity index (χ1) is 19.8. The smallest absolute Gasteiger partial charge is 0.409 e. The van der Waals surface area contributed by atoms with Crippen molar-refractivity contribution >= 4 is 29.6 Å². The number of nitrogens with one attached hydrogen (secondary N) is 2. The van der Waals surface area contributed by atoms with Crippen LogP contribution < -0.4 is 10.6 Å². The molecule has 1 aromatic carbocycles. The predicted molar refractivity (Wildman–Crippen MR) is 153 cm³/mol. The molecule has 1 saturated heterocycles. The largest absolute Gasteiger partial charge is 0.481 e. The number of unbranched alkanes of at least 4 members (excludes halogenated alkanes) is 1. The minimum absolute atomic E-state index is 0.0824. The number of piperazine rings is 1. The number of ether oxygens (including phenoxy) is 2. The fraction of sp³-hybridized carbons (Fsp3) is 0.483. The van der Waals surface area contributed by atoms with Crippen molar-refractivity contribution in [1.29, 1.82) is 0 Å². The molecule has 1 fully saturated rings. The summed E-state index contributed by atoms with van der Waals surface area (Å²) in [5.41, 5.74) is 2.10. The average molecular weight is 570 g/mol. The minimum atomic E-state index is -1.08. The van der Waals surface area contributed by atoms with Gasteiger partial charge in [-0.05, 0) is 25.0 Å². The van der Waals surface area contributed by atoms with Gasteiger partial charge in [-0.2, -0.15) is 0 Å². The summed E-state index contributed by atoms with van der Waals surface area (Å²) in [6, 6.07) is 11.7. The second-order valence-corrected chi connectivity index (χ2v) is 9.65. The summed E-state index contributed by atoms with van der Waals surface area (Å²) in [5, 5.41) is 15.2. The molecule has 2 heterocycles. The molecule has 0 aliphatic carbocycles. The molecule has 222 valence electrons. The van der Waals surface area contributed by atoms with E-state index in [2.05, 4.69) is 15.6 Å². The summed E-state index contributed by atoms with van der Waals surface area (Å²) in [4.78, 5) is 58.0. The molecule has 0 spiro atoms. The second-order valence-electron chi connectivity index (χ2n) is 9.65. The van der Waals surface area contributed by atoms with Crippen LogP contribution in [0.5, 0.6) is 0 Å². The number of hydrogen-bond donors (Lipinski definition) is 3. The highest BCUT2D eigenvalue weighted by atomic mass is 16.6. The summed E-state index contributed by atoms with van der Waals surface area (Å²) in [5.74, 6) is -2.08. The van der Waals surface area contributed by atoms with Crippen molar-refractivity contribution in [1.82, 2.24) is 20.1 Å². The molecule has 41 heavy (non-hydrogen) atoms. The zero-order valence-electron chi connectivity index (χ0n) is 23.6. The number of rotatable bonds is 14. The van der Waals surface area contributed by atoms with E-state index in [-0.39, 0.29) is 44.7 Å². The lowest BCUT2D eigenvalue weighted by Crippen LogP contribution is -2.56. The van der Waals surface area contributed by atoms with Gasteiger partial charge in [0.2, 0.25) is 5.91 Å². The van der Waals surface area contributed by atoms with Crippen LogP contribution in [0.2, 0.25) is 0 Å². The van der Waals surface area contributed by atoms with Crippen molar-refractivity contribution in [2.75, 3.05) is 58.4 Å². The van der Waals surface area contributed by atoms with Crippen LogP contribution in [0.4, 0.5) is 10.5 Å². The summed E-state index contributed by atoms with van der Waals surface area (Å²) < 4.78 is 10.4. The quantitative estimate of drug-likeness (QED) is 0.292. The van der Waals surface area contributed by atoms with Crippen LogP contribution in [0.3, 0.4) is 0 Å². The number of anilines is 1. The molecular formula is C29H39N5O7. The Kier molecular flexibility index (Phi) is 12.4. The van der Waals surface area contributed by atoms with Crippen LogP contribution in [0.25, 0.3) is 11.3 Å². The van der Waals surface area contributed by atoms with Gasteiger partial charge in [0, 0.05) is 57.5 Å². The van der Waals surface area contributed by atoms with Crippen molar-refractivity contribution in [2.45, 2.75) is 38.6 Å². The number of hydrogen-bond acceptors (Lipinski definition) is 8. The van der Waals surface area contributed by atoms with E-state index < -0.39 is 29.9 Å². The van der Waals surface area contributed by atoms with Gasteiger partial charge in [-0.3, -0.25) is 14.4 Å². The molecule has 0 unspecified atom stereocenters. The van der Waals surface area contributed by atoms with E-state index >= 15 is 0 Å². The number of carboxylic acids is 1. The zero-order valence-corrected chi connectivity index (χ0v) is 23.6. The first-order valence-corrected chi connectivity index (χ1v) is 13.9.